The van der Waals surface area contributed by atoms with Crippen molar-refractivity contribution < 1.29 is 38.2 Å². The van der Waals surface area contributed by atoms with E-state index in [1.807, 2.05) is 30.3 Å². The molecule has 41 heavy (non-hydrogen) atoms. The highest BCUT2D eigenvalue weighted by Crippen LogP contribution is 2.09. The fraction of sp³-hybridized carbons (Fsp3) is 0.621. The Morgan fingerprint density at radius 3 is 2.10 bits per heavy atom. The van der Waals surface area contributed by atoms with Crippen molar-refractivity contribution in [3.63, 3.8) is 0 Å². The van der Waals surface area contributed by atoms with Crippen molar-refractivity contribution in [1.29, 1.82) is 0 Å². The van der Waals surface area contributed by atoms with Gasteiger partial charge in [-0.05, 0) is 66.4 Å². The maximum Gasteiger partial charge on any atom is 0.409 e. The van der Waals surface area contributed by atoms with Crippen molar-refractivity contribution in [1.82, 2.24) is 20.9 Å². The van der Waals surface area contributed by atoms with Gasteiger partial charge in [-0.1, -0.05) is 30.3 Å². The van der Waals surface area contributed by atoms with Gasteiger partial charge in [0.1, 0.15) is 30.3 Å². The molecule has 1 aromatic carbocycles. The number of unbranched alkanes of at least 4 members (excludes halogenated alkanes) is 1. The van der Waals surface area contributed by atoms with Crippen LogP contribution in [0.2, 0.25) is 0 Å². The normalized spacial score (nSPS) is 12.0. The van der Waals surface area contributed by atoms with Crippen LogP contribution in [-0.2, 0) is 35.2 Å². The van der Waals surface area contributed by atoms with E-state index in [0.717, 1.165) is 5.56 Å². The fourth-order valence-corrected chi connectivity index (χ4v) is 3.39. The van der Waals surface area contributed by atoms with Gasteiger partial charge in [-0.25, -0.2) is 9.59 Å². The summed E-state index contributed by atoms with van der Waals surface area (Å²) in [5.74, 6) is -1.81. The number of benzene rings is 1. The molecule has 0 bridgehead atoms. The molecule has 12 heteroatoms. The van der Waals surface area contributed by atoms with Gasteiger partial charge in [-0.15, -0.1) is 0 Å². The van der Waals surface area contributed by atoms with Crippen LogP contribution in [0.5, 0.6) is 0 Å². The van der Waals surface area contributed by atoms with Gasteiger partial charge in [0.25, 0.3) is 0 Å². The third-order valence-corrected chi connectivity index (χ3v) is 5.23. The number of nitrogens with zero attached hydrogens (tertiary/aromatic N) is 1. The predicted molar refractivity (Wildman–Crippen MR) is 153 cm³/mol. The number of carbonyl (C=O) groups excluding carboxylic acids is 5. The molecule has 0 saturated carbocycles. The smallest absolute Gasteiger partial charge is 0.409 e. The van der Waals surface area contributed by atoms with Crippen LogP contribution in [0.3, 0.4) is 0 Å². The molecule has 1 aromatic rings. The van der Waals surface area contributed by atoms with Crippen LogP contribution in [0.15, 0.2) is 30.3 Å². The van der Waals surface area contributed by atoms with Gasteiger partial charge in [0.2, 0.25) is 11.8 Å². The van der Waals surface area contributed by atoms with E-state index in [0.29, 0.717) is 19.4 Å². The monoisotopic (exact) mass is 578 g/mol. The number of amides is 4. The standard InChI is InChI=1S/C29H46N4O8/c1-28(2,3)40-24(35)19-23(34)32-22(15-11-12-16-31-26(37)41-29(4,5)6)25(36)30-17-18-33(7)27(38)39-20-21-13-9-8-10-14-21/h8-10,13-14,22H,11-12,15-20H2,1-7H3,(H,30,36)(H,31,37)(H,32,34). The second-order valence-corrected chi connectivity index (χ2v) is 11.6. The Bertz CT molecular complexity index is 1000. The summed E-state index contributed by atoms with van der Waals surface area (Å²) in [7, 11) is 1.55. The highest BCUT2D eigenvalue weighted by Gasteiger charge is 2.24. The van der Waals surface area contributed by atoms with Gasteiger partial charge in [-0.2, -0.15) is 0 Å². The number of alkyl carbamates (subject to hydrolysis) is 1. The zero-order valence-corrected chi connectivity index (χ0v) is 25.3. The van der Waals surface area contributed by atoms with Crippen molar-refractivity contribution >= 4 is 30.0 Å². The molecule has 0 heterocycles. The van der Waals surface area contributed by atoms with Crippen LogP contribution < -0.4 is 16.0 Å². The molecule has 1 atom stereocenters. The molecule has 230 valence electrons. The number of hydrogen-bond donors (Lipinski definition) is 3. The summed E-state index contributed by atoms with van der Waals surface area (Å²) in [6, 6.07) is 8.33. The minimum atomic E-state index is -0.929. The van der Waals surface area contributed by atoms with E-state index < -0.39 is 53.6 Å². The number of rotatable bonds is 14. The van der Waals surface area contributed by atoms with E-state index in [9.17, 15) is 24.0 Å². The van der Waals surface area contributed by atoms with E-state index in [1.165, 1.54) is 4.90 Å². The molecule has 0 radical (unpaired) electrons. The maximum atomic E-state index is 12.9. The zero-order chi connectivity index (χ0) is 31.1. The Morgan fingerprint density at radius 2 is 1.49 bits per heavy atom. The predicted octanol–water partition coefficient (Wildman–Crippen LogP) is 3.28. The van der Waals surface area contributed by atoms with Crippen LogP contribution in [0.1, 0.15) is 72.8 Å². The van der Waals surface area contributed by atoms with E-state index in [1.54, 1.807) is 48.6 Å². The van der Waals surface area contributed by atoms with E-state index >= 15 is 0 Å². The maximum absolute atomic E-state index is 12.9. The minimum absolute atomic E-state index is 0.119. The summed E-state index contributed by atoms with van der Waals surface area (Å²) in [5.41, 5.74) is -0.504. The summed E-state index contributed by atoms with van der Waals surface area (Å²) in [6.07, 6.45) is -0.326. The van der Waals surface area contributed by atoms with Gasteiger partial charge in [-0.3, -0.25) is 14.4 Å². The van der Waals surface area contributed by atoms with E-state index in [-0.39, 0.29) is 26.1 Å². The van der Waals surface area contributed by atoms with Crippen LogP contribution in [-0.4, -0.2) is 78.8 Å². The van der Waals surface area contributed by atoms with Crippen molar-refractivity contribution in [2.45, 2.75) is 91.1 Å². The Morgan fingerprint density at radius 1 is 0.854 bits per heavy atom. The van der Waals surface area contributed by atoms with Crippen LogP contribution in [0, 0.1) is 0 Å². The van der Waals surface area contributed by atoms with Gasteiger partial charge in [0.15, 0.2) is 0 Å². The Labute approximate surface area is 242 Å². The average Bonchev–Trinajstić information content (AvgIpc) is 2.84. The average molecular weight is 579 g/mol. The molecule has 0 saturated heterocycles. The van der Waals surface area contributed by atoms with Gasteiger partial charge in [0.05, 0.1) is 0 Å². The highest BCUT2D eigenvalue weighted by molar-refractivity contribution is 5.96. The van der Waals surface area contributed by atoms with Crippen molar-refractivity contribution in [2.24, 2.45) is 0 Å². The first-order valence-corrected chi connectivity index (χ1v) is 13.7. The highest BCUT2D eigenvalue weighted by atomic mass is 16.6. The molecule has 0 aromatic heterocycles. The molecule has 0 aliphatic heterocycles. The summed E-state index contributed by atoms with van der Waals surface area (Å²) in [4.78, 5) is 62.9. The molecule has 0 spiro atoms. The molecule has 1 rings (SSSR count). The number of ether oxygens (including phenoxy) is 3. The summed E-state index contributed by atoms with van der Waals surface area (Å²) >= 11 is 0. The van der Waals surface area contributed by atoms with Gasteiger partial charge < -0.3 is 35.1 Å². The summed E-state index contributed by atoms with van der Waals surface area (Å²) in [6.45, 7) is 11.1. The number of esters is 1. The Kier molecular flexibility index (Phi) is 14.7. The second-order valence-electron chi connectivity index (χ2n) is 11.6. The Hall–Kier alpha value is -3.83. The first-order valence-electron chi connectivity index (χ1n) is 13.7. The number of likely N-dealkylation sites (N-methyl/N-ethyl adjacent to an activating group) is 1. The fourth-order valence-electron chi connectivity index (χ4n) is 3.39. The quantitative estimate of drug-likeness (QED) is 0.132. The first-order chi connectivity index (χ1) is 19.1. The van der Waals surface area contributed by atoms with Gasteiger partial charge in [0, 0.05) is 26.7 Å². The number of carbonyl (C=O) groups is 5. The van der Waals surface area contributed by atoms with Crippen LogP contribution in [0.25, 0.3) is 0 Å². The molecule has 3 N–H and O–H groups in total. The molecule has 1 unspecified atom stereocenters. The largest absolute Gasteiger partial charge is 0.460 e. The SMILES string of the molecule is CN(CCNC(=O)C(CCCCNC(=O)OC(C)(C)C)NC(=O)CC(=O)OC(C)(C)C)C(=O)OCc1ccccc1. The van der Waals surface area contributed by atoms with E-state index in [4.69, 9.17) is 14.2 Å². The lowest BCUT2D eigenvalue weighted by Gasteiger charge is -2.22. The molecule has 12 nitrogen and oxygen atoms in total. The second kappa shape index (κ2) is 17.1. The Balaban J connectivity index is 2.59. The lowest BCUT2D eigenvalue weighted by Crippen LogP contribution is -2.49. The van der Waals surface area contributed by atoms with Crippen molar-refractivity contribution in [3.05, 3.63) is 35.9 Å². The molecule has 0 aliphatic carbocycles. The van der Waals surface area contributed by atoms with Crippen molar-refractivity contribution in [3.8, 4) is 0 Å². The summed E-state index contributed by atoms with van der Waals surface area (Å²) in [5, 5.41) is 7.96. The first kappa shape index (κ1) is 35.2. The van der Waals surface area contributed by atoms with Crippen LogP contribution in [0.4, 0.5) is 9.59 Å². The lowest BCUT2D eigenvalue weighted by atomic mass is 10.1. The molecule has 0 fully saturated rings. The summed E-state index contributed by atoms with van der Waals surface area (Å²) < 4.78 is 15.6. The topological polar surface area (TPSA) is 152 Å². The molecule has 4 amide bonds. The van der Waals surface area contributed by atoms with E-state index in [2.05, 4.69) is 16.0 Å². The molecular formula is C29H46N4O8. The number of hydrogen-bond acceptors (Lipinski definition) is 8. The molecule has 0 aliphatic rings. The van der Waals surface area contributed by atoms with Gasteiger partial charge >= 0.3 is 18.2 Å². The zero-order valence-electron chi connectivity index (χ0n) is 25.3. The van der Waals surface area contributed by atoms with Crippen LogP contribution >= 0.6 is 0 Å². The van der Waals surface area contributed by atoms with Crippen molar-refractivity contribution in [2.75, 3.05) is 26.7 Å². The third-order valence-electron chi connectivity index (χ3n) is 5.23. The number of nitrogens with one attached hydrogen (secondary N) is 3. The lowest BCUT2D eigenvalue weighted by molar-refractivity contribution is -0.156. The molecular weight excluding hydrogens is 532 g/mol. The minimum Gasteiger partial charge on any atom is -0.460 e. The third kappa shape index (κ3) is 17.5.